The smallest absolute Gasteiger partial charge is 0.321 e. The van der Waals surface area contributed by atoms with E-state index in [-0.39, 0.29) is 66.0 Å². The van der Waals surface area contributed by atoms with E-state index in [9.17, 15) is 23.1 Å². The van der Waals surface area contributed by atoms with Crippen LogP contribution in [-0.2, 0) is 21.2 Å². The van der Waals surface area contributed by atoms with Crippen LogP contribution in [0.2, 0.25) is 0 Å². The van der Waals surface area contributed by atoms with E-state index in [2.05, 4.69) is 15.2 Å². The van der Waals surface area contributed by atoms with Crippen LogP contribution in [-0.4, -0.2) is 86.4 Å². The first-order valence-corrected chi connectivity index (χ1v) is 15.6. The van der Waals surface area contributed by atoms with Crippen molar-refractivity contribution < 1.29 is 37.1 Å². The molecule has 1 aromatic heterocycles. The third kappa shape index (κ3) is 7.42. The fraction of sp³-hybridized carbons (Fsp3) is 0.433. The topological polar surface area (TPSA) is 164 Å². The second kappa shape index (κ2) is 13.6. The zero-order valence-electron chi connectivity index (χ0n) is 25.7. The summed E-state index contributed by atoms with van der Waals surface area (Å²) in [5.41, 5.74) is 1.49. The number of methoxy groups -OCH3 is 1. The van der Waals surface area contributed by atoms with Gasteiger partial charge in [0.15, 0.2) is 10.7 Å². The summed E-state index contributed by atoms with van der Waals surface area (Å²) in [5, 5.41) is 16.5. The number of rotatable bonds is 9. The number of fused-ring (bicyclic) bond motifs is 1. The van der Waals surface area contributed by atoms with Gasteiger partial charge in [-0.25, -0.2) is 13.2 Å². The molecule has 14 heteroatoms. The van der Waals surface area contributed by atoms with Crippen LogP contribution < -0.4 is 19.5 Å². The Morgan fingerprint density at radius 2 is 1.89 bits per heavy atom. The van der Waals surface area contributed by atoms with Gasteiger partial charge in [-0.15, -0.1) is 0 Å². The molecule has 13 nitrogen and oxygen atoms in total. The lowest BCUT2D eigenvalue weighted by Crippen LogP contribution is -2.48. The highest BCUT2D eigenvalue weighted by atomic mass is 32.2. The molecule has 238 valence electrons. The Balaban J connectivity index is 1.61. The molecule has 0 spiro atoms. The van der Waals surface area contributed by atoms with Gasteiger partial charge in [-0.05, 0) is 63.2 Å². The summed E-state index contributed by atoms with van der Waals surface area (Å²) in [6, 6.07) is 10.8. The number of likely N-dealkylation sites (N-methyl/N-ethyl adjacent to an activating group) is 1. The van der Waals surface area contributed by atoms with Crippen molar-refractivity contribution in [1.82, 2.24) is 15.0 Å². The number of nitrogens with one attached hydrogen (secondary N) is 2. The molecule has 0 unspecified atom stereocenters. The van der Waals surface area contributed by atoms with E-state index in [0.717, 1.165) is 0 Å². The molecule has 2 heterocycles. The predicted octanol–water partition coefficient (Wildman–Crippen LogP) is 3.41. The minimum Gasteiger partial charge on any atom is -0.497 e. The van der Waals surface area contributed by atoms with Crippen molar-refractivity contribution >= 4 is 33.3 Å². The molecule has 0 fully saturated rings. The number of urea groups is 1. The maximum atomic E-state index is 13.5. The van der Waals surface area contributed by atoms with Crippen LogP contribution in [0.5, 0.6) is 11.5 Å². The lowest BCUT2D eigenvalue weighted by Gasteiger charge is -2.34. The van der Waals surface area contributed by atoms with Gasteiger partial charge in [0.1, 0.15) is 23.3 Å². The number of aryl methyl sites for hydroxylation is 2. The zero-order chi connectivity index (χ0) is 32.2. The van der Waals surface area contributed by atoms with Gasteiger partial charge in [0, 0.05) is 36.4 Å². The third-order valence-electron chi connectivity index (χ3n) is 7.55. The Morgan fingerprint density at radius 3 is 2.50 bits per heavy atom. The quantitative estimate of drug-likeness (QED) is 0.322. The first-order chi connectivity index (χ1) is 20.8. The summed E-state index contributed by atoms with van der Waals surface area (Å²) in [4.78, 5) is 29.6. The number of carbonyl (C=O) groups is 2. The largest absolute Gasteiger partial charge is 0.497 e. The van der Waals surface area contributed by atoms with Crippen LogP contribution in [0.25, 0.3) is 0 Å². The predicted molar refractivity (Wildman–Crippen MR) is 163 cm³/mol. The molecule has 3 amide bonds. The molecule has 0 radical (unpaired) electrons. The number of aliphatic hydroxyl groups excluding tert-OH is 1. The van der Waals surface area contributed by atoms with E-state index in [1.165, 1.54) is 18.7 Å². The van der Waals surface area contributed by atoms with Crippen LogP contribution in [0.15, 0.2) is 51.9 Å². The number of aliphatic hydroxyl groups is 1. The van der Waals surface area contributed by atoms with Gasteiger partial charge < -0.3 is 34.2 Å². The fourth-order valence-electron chi connectivity index (χ4n) is 5.02. The number of ether oxygens (including phenoxy) is 2. The average Bonchev–Trinajstić information content (AvgIpc) is 3.35. The summed E-state index contributed by atoms with van der Waals surface area (Å²) < 4.78 is 45.5. The Labute approximate surface area is 257 Å². The molecule has 1 aliphatic rings. The summed E-state index contributed by atoms with van der Waals surface area (Å²) in [6.45, 7) is 6.93. The monoisotopic (exact) mass is 629 g/mol. The SMILES string of the molecule is COc1ccc(NC(=O)N(C)C[C@H]2Oc3ccc(NS(=O)(=O)c4c(C)noc4C)cc3CC(=O)N([C@@H](C)CO)C[C@@H]2C)cc1. The molecule has 0 aliphatic carbocycles. The van der Waals surface area contributed by atoms with Gasteiger partial charge in [-0.1, -0.05) is 12.1 Å². The fourth-order valence-corrected chi connectivity index (χ4v) is 6.40. The van der Waals surface area contributed by atoms with Gasteiger partial charge in [0.25, 0.3) is 10.0 Å². The number of nitrogens with zero attached hydrogens (tertiary/aromatic N) is 3. The lowest BCUT2D eigenvalue weighted by molar-refractivity contribution is -0.134. The van der Waals surface area contributed by atoms with E-state index >= 15 is 0 Å². The van der Waals surface area contributed by atoms with E-state index in [1.54, 1.807) is 68.4 Å². The van der Waals surface area contributed by atoms with Gasteiger partial charge in [-0.2, -0.15) is 0 Å². The lowest BCUT2D eigenvalue weighted by atomic mass is 10.0. The van der Waals surface area contributed by atoms with Crippen molar-refractivity contribution in [3.05, 3.63) is 59.5 Å². The van der Waals surface area contributed by atoms with Gasteiger partial charge >= 0.3 is 6.03 Å². The summed E-state index contributed by atoms with van der Waals surface area (Å²) in [7, 11) is -0.821. The van der Waals surface area contributed by atoms with Crippen LogP contribution in [0, 0.1) is 19.8 Å². The zero-order valence-corrected chi connectivity index (χ0v) is 26.5. The highest BCUT2D eigenvalue weighted by molar-refractivity contribution is 7.92. The highest BCUT2D eigenvalue weighted by Gasteiger charge is 2.32. The molecule has 44 heavy (non-hydrogen) atoms. The molecular weight excluding hydrogens is 590 g/mol. The summed E-state index contributed by atoms with van der Waals surface area (Å²) in [5.74, 6) is 0.714. The first kappa shape index (κ1) is 32.6. The maximum absolute atomic E-state index is 13.5. The Kier molecular flexibility index (Phi) is 10.0. The number of benzene rings is 2. The summed E-state index contributed by atoms with van der Waals surface area (Å²) in [6.07, 6.45) is -0.641. The van der Waals surface area contributed by atoms with E-state index in [0.29, 0.717) is 22.7 Å². The molecule has 3 atom stereocenters. The number of amides is 3. The number of hydrogen-bond acceptors (Lipinski definition) is 9. The van der Waals surface area contributed by atoms with Crippen LogP contribution in [0.4, 0.5) is 16.2 Å². The Hall–Kier alpha value is -4.30. The first-order valence-electron chi connectivity index (χ1n) is 14.1. The van der Waals surface area contributed by atoms with Gasteiger partial charge in [-0.3, -0.25) is 9.52 Å². The molecule has 0 saturated heterocycles. The van der Waals surface area contributed by atoms with Crippen molar-refractivity contribution in [3.8, 4) is 11.5 Å². The number of hydrogen-bond donors (Lipinski definition) is 3. The van der Waals surface area contributed by atoms with Gasteiger partial charge in [0.05, 0.1) is 32.7 Å². The molecule has 0 saturated carbocycles. The molecular formula is C30H39N5O8S. The second-order valence-electron chi connectivity index (χ2n) is 11.0. The minimum atomic E-state index is -4.03. The van der Waals surface area contributed by atoms with Gasteiger partial charge in [0.2, 0.25) is 5.91 Å². The molecule has 2 aromatic carbocycles. The van der Waals surface area contributed by atoms with Crippen molar-refractivity contribution in [1.29, 1.82) is 0 Å². The van der Waals surface area contributed by atoms with E-state index in [1.807, 2.05) is 6.92 Å². The van der Waals surface area contributed by atoms with E-state index < -0.39 is 22.2 Å². The third-order valence-corrected chi connectivity index (χ3v) is 9.17. The minimum absolute atomic E-state index is 0.0545. The molecule has 1 aliphatic heterocycles. The Bertz CT molecular complexity index is 1570. The average molecular weight is 630 g/mol. The number of anilines is 2. The molecule has 3 N–H and O–H groups in total. The van der Waals surface area contributed by atoms with Crippen molar-refractivity contribution in [2.75, 3.05) is 43.9 Å². The van der Waals surface area contributed by atoms with Crippen molar-refractivity contribution in [2.24, 2.45) is 5.92 Å². The maximum Gasteiger partial charge on any atom is 0.321 e. The highest BCUT2D eigenvalue weighted by Crippen LogP contribution is 2.31. The van der Waals surface area contributed by atoms with Crippen LogP contribution >= 0.6 is 0 Å². The number of aromatic nitrogens is 1. The number of sulfonamides is 1. The second-order valence-corrected chi connectivity index (χ2v) is 12.6. The van der Waals surface area contributed by atoms with Crippen molar-refractivity contribution in [2.45, 2.75) is 51.2 Å². The molecule has 3 aromatic rings. The molecule has 0 bridgehead atoms. The van der Waals surface area contributed by atoms with E-state index in [4.69, 9.17) is 14.0 Å². The number of carbonyl (C=O) groups excluding carboxylic acids is 2. The normalized spacial score (nSPS) is 17.8. The molecule has 4 rings (SSSR count). The van der Waals surface area contributed by atoms with Crippen molar-refractivity contribution in [3.63, 3.8) is 0 Å². The van der Waals surface area contributed by atoms with Crippen LogP contribution in [0.3, 0.4) is 0 Å². The van der Waals surface area contributed by atoms with Crippen LogP contribution in [0.1, 0.15) is 30.9 Å². The summed E-state index contributed by atoms with van der Waals surface area (Å²) >= 11 is 0. The Morgan fingerprint density at radius 1 is 1.20 bits per heavy atom. The standard InChI is InChI=1S/C30H39N5O8S/c1-18-15-35(19(2)17-36)28(37)14-22-13-24(33-44(39,40)29-20(3)32-43-21(29)4)9-12-26(22)42-27(18)16-34(5)30(38)31-23-7-10-25(41-6)11-8-23/h7-13,18-19,27,33,36H,14-17H2,1-6H3,(H,31,38)/t18-,19-,27+/m0/s1.